The van der Waals surface area contributed by atoms with Crippen molar-refractivity contribution in [3.63, 3.8) is 0 Å². The van der Waals surface area contributed by atoms with Crippen molar-refractivity contribution >= 4 is 5.91 Å². The molecule has 0 bridgehead atoms. The van der Waals surface area contributed by atoms with Crippen LogP contribution in [0.25, 0.3) is 11.4 Å². The Bertz CT molecular complexity index is 835. The summed E-state index contributed by atoms with van der Waals surface area (Å²) in [4.78, 5) is 16.8. The van der Waals surface area contributed by atoms with E-state index in [1.165, 1.54) is 24.1 Å². The smallest absolute Gasteiger partial charge is 0.383 e. The van der Waals surface area contributed by atoms with Crippen molar-refractivity contribution in [3.8, 4) is 11.4 Å². The Balaban J connectivity index is 1.70. The number of benzene rings is 1. The molecule has 0 radical (unpaired) electrons. The molecule has 1 atom stereocenters. The van der Waals surface area contributed by atoms with Crippen LogP contribution in [-0.2, 0) is 22.3 Å². The van der Waals surface area contributed by atoms with E-state index in [2.05, 4.69) is 14.7 Å². The van der Waals surface area contributed by atoms with Crippen LogP contribution in [0.15, 0.2) is 28.8 Å². The maximum absolute atomic E-state index is 13.2. The molecule has 1 aliphatic carbocycles. The van der Waals surface area contributed by atoms with Crippen molar-refractivity contribution in [3.05, 3.63) is 35.7 Å². The molecule has 11 heteroatoms. The van der Waals surface area contributed by atoms with E-state index >= 15 is 0 Å². The number of carbonyl (C=O) groups excluding carboxylic acids is 1. The van der Waals surface area contributed by atoms with Crippen LogP contribution in [0.3, 0.4) is 0 Å². The van der Waals surface area contributed by atoms with E-state index in [-0.39, 0.29) is 31.1 Å². The topological polar surface area (TPSA) is 68.5 Å². The minimum Gasteiger partial charge on any atom is -0.383 e. The Morgan fingerprint density at radius 2 is 1.96 bits per heavy atom. The summed E-state index contributed by atoms with van der Waals surface area (Å²) in [5.74, 6) is -6.62. The number of nitrogens with zero attached hydrogens (tertiary/aromatic N) is 3. The molecule has 1 amide bonds. The van der Waals surface area contributed by atoms with Crippen molar-refractivity contribution < 1.29 is 36.0 Å². The van der Waals surface area contributed by atoms with Crippen LogP contribution in [0.2, 0.25) is 0 Å². The Labute approximate surface area is 156 Å². The van der Waals surface area contributed by atoms with Crippen LogP contribution >= 0.6 is 0 Å². The number of methoxy groups -OCH3 is 1. The van der Waals surface area contributed by atoms with Gasteiger partial charge in [-0.25, -0.2) is 8.78 Å². The van der Waals surface area contributed by atoms with Gasteiger partial charge in [-0.05, 0) is 5.56 Å². The highest BCUT2D eigenvalue weighted by molar-refractivity contribution is 5.83. The molecule has 1 heterocycles. The minimum absolute atomic E-state index is 0.0646. The number of alkyl halides is 5. The summed E-state index contributed by atoms with van der Waals surface area (Å²) >= 11 is 0. The third-order valence-corrected chi connectivity index (χ3v) is 4.26. The van der Waals surface area contributed by atoms with Crippen molar-refractivity contribution in [1.29, 1.82) is 0 Å². The lowest BCUT2D eigenvalue weighted by Crippen LogP contribution is -2.35. The van der Waals surface area contributed by atoms with Crippen molar-refractivity contribution in [2.45, 2.75) is 25.1 Å². The molecule has 0 aliphatic heterocycles. The molecule has 1 aromatic heterocycles. The molecule has 1 aromatic carbocycles. The Kier molecular flexibility index (Phi) is 5.37. The van der Waals surface area contributed by atoms with E-state index in [1.54, 1.807) is 12.1 Å². The van der Waals surface area contributed by atoms with Crippen LogP contribution in [0, 0.1) is 5.92 Å². The molecule has 1 fully saturated rings. The molecular formula is C17H16F5N3O3. The molecule has 28 heavy (non-hydrogen) atoms. The number of aromatic nitrogens is 2. The van der Waals surface area contributed by atoms with Crippen LogP contribution in [0.1, 0.15) is 17.9 Å². The van der Waals surface area contributed by atoms with E-state index in [0.717, 1.165) is 0 Å². The van der Waals surface area contributed by atoms with Crippen LogP contribution in [0.5, 0.6) is 0 Å². The SMILES string of the molecule is COCCN(Cc1ccc(-c2noc(C(F)(F)F)n2)cc1)C(=O)C1CC1(F)F. The molecule has 0 N–H and O–H groups in total. The van der Waals surface area contributed by atoms with Gasteiger partial charge in [0.05, 0.1) is 6.61 Å². The summed E-state index contributed by atoms with van der Waals surface area (Å²) in [6.45, 7) is 0.393. The lowest BCUT2D eigenvalue weighted by Gasteiger charge is -2.22. The largest absolute Gasteiger partial charge is 0.471 e. The second-order valence-electron chi connectivity index (χ2n) is 6.39. The molecule has 1 saturated carbocycles. The van der Waals surface area contributed by atoms with Crippen molar-refractivity contribution in [2.24, 2.45) is 5.92 Å². The Morgan fingerprint density at radius 3 is 2.46 bits per heavy atom. The highest BCUT2D eigenvalue weighted by Gasteiger charge is 2.62. The summed E-state index contributed by atoms with van der Waals surface area (Å²) < 4.78 is 73.1. The zero-order chi connectivity index (χ0) is 20.5. The first-order valence-electron chi connectivity index (χ1n) is 8.27. The lowest BCUT2D eigenvalue weighted by atomic mass is 10.1. The number of amides is 1. The van der Waals surface area contributed by atoms with E-state index in [4.69, 9.17) is 4.74 Å². The van der Waals surface area contributed by atoms with Gasteiger partial charge in [0.15, 0.2) is 0 Å². The monoisotopic (exact) mass is 405 g/mol. The molecule has 6 nitrogen and oxygen atoms in total. The second kappa shape index (κ2) is 7.46. The third kappa shape index (κ3) is 4.46. The number of carbonyl (C=O) groups is 1. The van der Waals surface area contributed by atoms with Gasteiger partial charge in [-0.2, -0.15) is 18.2 Å². The van der Waals surface area contributed by atoms with Gasteiger partial charge in [0, 0.05) is 32.2 Å². The molecule has 0 saturated heterocycles. The fourth-order valence-electron chi connectivity index (χ4n) is 2.61. The lowest BCUT2D eigenvalue weighted by molar-refractivity contribution is -0.159. The van der Waals surface area contributed by atoms with Crippen LogP contribution in [0.4, 0.5) is 22.0 Å². The number of rotatable bonds is 7. The zero-order valence-corrected chi connectivity index (χ0v) is 14.7. The quantitative estimate of drug-likeness (QED) is 0.661. The Morgan fingerprint density at radius 1 is 1.32 bits per heavy atom. The van der Waals surface area contributed by atoms with Gasteiger partial charge >= 0.3 is 12.1 Å². The number of hydrogen-bond acceptors (Lipinski definition) is 5. The molecule has 3 rings (SSSR count). The molecular weight excluding hydrogens is 389 g/mol. The standard InChI is InChI=1S/C17H16F5N3O3/c1-27-7-6-25(14(26)12-8-16(12,18)19)9-10-2-4-11(5-3-10)13-23-15(28-24-13)17(20,21)22/h2-5,12H,6-9H2,1H3. The normalized spacial score (nSPS) is 18.1. The zero-order valence-electron chi connectivity index (χ0n) is 14.7. The molecule has 0 spiro atoms. The van der Waals surface area contributed by atoms with Gasteiger partial charge < -0.3 is 14.2 Å². The molecule has 2 aromatic rings. The van der Waals surface area contributed by atoms with Gasteiger partial charge in [-0.3, -0.25) is 4.79 Å². The predicted molar refractivity (Wildman–Crippen MR) is 85.1 cm³/mol. The average Bonchev–Trinajstić information content (AvgIpc) is 3.05. The number of halogens is 5. The second-order valence-corrected chi connectivity index (χ2v) is 6.39. The molecule has 1 aliphatic rings. The van der Waals surface area contributed by atoms with Gasteiger partial charge in [-0.1, -0.05) is 29.4 Å². The first-order chi connectivity index (χ1) is 13.1. The molecule has 1 unspecified atom stereocenters. The summed E-state index contributed by atoms with van der Waals surface area (Å²) in [7, 11) is 1.43. The van der Waals surface area contributed by atoms with E-state index < -0.39 is 36.2 Å². The summed E-state index contributed by atoms with van der Waals surface area (Å²) in [6.07, 6.45) is -5.20. The fourth-order valence-corrected chi connectivity index (χ4v) is 2.61. The maximum Gasteiger partial charge on any atom is 0.471 e. The number of hydrogen-bond donors (Lipinski definition) is 0. The van der Waals surface area contributed by atoms with Gasteiger partial charge in [0.2, 0.25) is 11.7 Å². The first-order valence-corrected chi connectivity index (χ1v) is 8.27. The van der Waals surface area contributed by atoms with Gasteiger partial charge in [0.1, 0.15) is 5.92 Å². The van der Waals surface area contributed by atoms with Gasteiger partial charge in [0.25, 0.3) is 5.92 Å². The Hall–Kier alpha value is -2.56. The van der Waals surface area contributed by atoms with Crippen LogP contribution < -0.4 is 0 Å². The summed E-state index contributed by atoms with van der Waals surface area (Å²) in [6, 6.07) is 6.03. The minimum atomic E-state index is -4.74. The third-order valence-electron chi connectivity index (χ3n) is 4.26. The number of ether oxygens (including phenoxy) is 1. The van der Waals surface area contributed by atoms with Crippen molar-refractivity contribution in [2.75, 3.05) is 20.3 Å². The average molecular weight is 405 g/mol. The maximum atomic E-state index is 13.2. The first kappa shape index (κ1) is 20.2. The van der Waals surface area contributed by atoms with E-state index in [9.17, 15) is 26.7 Å². The molecule has 152 valence electrons. The predicted octanol–water partition coefficient (Wildman–Crippen LogP) is 3.39. The highest BCUT2D eigenvalue weighted by atomic mass is 19.4. The summed E-state index contributed by atoms with van der Waals surface area (Å²) in [5.41, 5.74) is 0.892. The van der Waals surface area contributed by atoms with Gasteiger partial charge in [-0.15, -0.1) is 0 Å². The van der Waals surface area contributed by atoms with Crippen LogP contribution in [-0.4, -0.2) is 47.1 Å². The highest BCUT2D eigenvalue weighted by Crippen LogP contribution is 2.49. The van der Waals surface area contributed by atoms with E-state index in [0.29, 0.717) is 5.56 Å². The van der Waals surface area contributed by atoms with E-state index in [1.807, 2.05) is 0 Å². The van der Waals surface area contributed by atoms with Crippen molar-refractivity contribution in [1.82, 2.24) is 15.0 Å². The summed E-state index contributed by atoms with van der Waals surface area (Å²) in [5, 5.41) is 3.29. The fraction of sp³-hybridized carbons (Fsp3) is 0.471.